The van der Waals surface area contributed by atoms with Gasteiger partial charge in [0.1, 0.15) is 0 Å². The quantitative estimate of drug-likeness (QED) is 0.161. The van der Waals surface area contributed by atoms with Gasteiger partial charge in [-0.25, -0.2) is 0 Å². The lowest BCUT2D eigenvalue weighted by molar-refractivity contribution is 0.603. The standard InChI is InChI=1S/C26H46S2/c1-4-7-9-11-13-15-17-19-27-25-21-24(6-3)22-26(23-25)28-20-18-16-14-12-10-8-5-2/h21-23H,4-20H2,1-3H3. The normalized spacial score (nSPS) is 11.2. The number of aryl methyl sites for hydroxylation is 1. The van der Waals surface area contributed by atoms with Crippen molar-refractivity contribution >= 4 is 23.5 Å². The Morgan fingerprint density at radius 1 is 0.500 bits per heavy atom. The van der Waals surface area contributed by atoms with Gasteiger partial charge in [-0.05, 0) is 54.5 Å². The molecule has 0 bridgehead atoms. The smallest absolute Gasteiger partial charge is 0.00858 e. The van der Waals surface area contributed by atoms with E-state index in [0.29, 0.717) is 0 Å². The van der Waals surface area contributed by atoms with Crippen LogP contribution in [0.3, 0.4) is 0 Å². The van der Waals surface area contributed by atoms with Crippen LogP contribution >= 0.6 is 23.5 Å². The van der Waals surface area contributed by atoms with E-state index in [0.717, 1.165) is 6.42 Å². The van der Waals surface area contributed by atoms with Crippen molar-refractivity contribution in [2.24, 2.45) is 0 Å². The first kappa shape index (κ1) is 26.0. The molecule has 0 N–H and O–H groups in total. The molecule has 28 heavy (non-hydrogen) atoms. The molecule has 1 aromatic carbocycles. The molecule has 0 heterocycles. The van der Waals surface area contributed by atoms with Crippen LogP contribution in [0.25, 0.3) is 0 Å². The summed E-state index contributed by atoms with van der Waals surface area (Å²) < 4.78 is 0. The summed E-state index contributed by atoms with van der Waals surface area (Å²) in [6.07, 6.45) is 20.8. The number of benzene rings is 1. The fourth-order valence-electron chi connectivity index (χ4n) is 3.50. The molecule has 0 aliphatic rings. The van der Waals surface area contributed by atoms with Crippen LogP contribution in [-0.2, 0) is 6.42 Å². The Labute approximate surface area is 185 Å². The van der Waals surface area contributed by atoms with Gasteiger partial charge in [0.05, 0.1) is 0 Å². The van der Waals surface area contributed by atoms with Gasteiger partial charge in [0, 0.05) is 9.79 Å². The van der Waals surface area contributed by atoms with E-state index >= 15 is 0 Å². The molecule has 0 aliphatic heterocycles. The molecule has 0 aliphatic carbocycles. The zero-order valence-corrected chi connectivity index (χ0v) is 20.7. The van der Waals surface area contributed by atoms with Gasteiger partial charge < -0.3 is 0 Å². The topological polar surface area (TPSA) is 0 Å². The van der Waals surface area contributed by atoms with Crippen LogP contribution in [0.5, 0.6) is 0 Å². The molecule has 1 aromatic rings. The minimum atomic E-state index is 1.15. The van der Waals surface area contributed by atoms with Gasteiger partial charge in [-0.2, -0.15) is 0 Å². The molecule has 0 nitrogen and oxygen atoms in total. The number of unbranched alkanes of at least 4 members (excludes halogenated alkanes) is 12. The summed E-state index contributed by atoms with van der Waals surface area (Å²) in [5, 5.41) is 0. The van der Waals surface area contributed by atoms with Crippen molar-refractivity contribution in [3.05, 3.63) is 23.8 Å². The van der Waals surface area contributed by atoms with Gasteiger partial charge in [-0.3, -0.25) is 0 Å². The predicted molar refractivity (Wildman–Crippen MR) is 133 cm³/mol. The summed E-state index contributed by atoms with van der Waals surface area (Å²) in [5.74, 6) is 2.56. The largest absolute Gasteiger partial charge is 0.126 e. The first-order valence-electron chi connectivity index (χ1n) is 12.2. The summed E-state index contributed by atoms with van der Waals surface area (Å²) >= 11 is 4.15. The lowest BCUT2D eigenvalue weighted by Crippen LogP contribution is -1.88. The highest BCUT2D eigenvalue weighted by molar-refractivity contribution is 8.00. The van der Waals surface area contributed by atoms with Gasteiger partial charge in [-0.15, -0.1) is 23.5 Å². The Kier molecular flexibility index (Phi) is 17.5. The number of thioether (sulfide) groups is 2. The Balaban J connectivity index is 2.22. The van der Waals surface area contributed by atoms with Crippen LogP contribution in [0, 0.1) is 0 Å². The minimum Gasteiger partial charge on any atom is -0.126 e. The molecular formula is C26H46S2. The first-order chi connectivity index (χ1) is 13.8. The fourth-order valence-corrected chi connectivity index (χ4v) is 5.63. The zero-order valence-electron chi connectivity index (χ0n) is 19.1. The van der Waals surface area contributed by atoms with Crippen molar-refractivity contribution in [3.8, 4) is 0 Å². The summed E-state index contributed by atoms with van der Waals surface area (Å²) in [5.41, 5.74) is 1.51. The maximum absolute atomic E-state index is 2.44. The molecule has 0 unspecified atom stereocenters. The highest BCUT2D eigenvalue weighted by Gasteiger charge is 2.03. The lowest BCUT2D eigenvalue weighted by atomic mass is 10.1. The van der Waals surface area contributed by atoms with Crippen LogP contribution in [0.2, 0.25) is 0 Å². The molecule has 0 fully saturated rings. The maximum Gasteiger partial charge on any atom is 0.00858 e. The molecule has 162 valence electrons. The van der Waals surface area contributed by atoms with Crippen molar-refractivity contribution in [3.63, 3.8) is 0 Å². The number of hydrogen-bond acceptors (Lipinski definition) is 2. The highest BCUT2D eigenvalue weighted by Crippen LogP contribution is 2.29. The van der Waals surface area contributed by atoms with Crippen LogP contribution in [0.15, 0.2) is 28.0 Å². The lowest BCUT2D eigenvalue weighted by Gasteiger charge is -2.09. The Bertz CT molecular complexity index is 431. The van der Waals surface area contributed by atoms with E-state index in [2.05, 4.69) is 62.5 Å². The average Bonchev–Trinajstić information content (AvgIpc) is 2.71. The second kappa shape index (κ2) is 18.9. The van der Waals surface area contributed by atoms with Crippen molar-refractivity contribution in [1.82, 2.24) is 0 Å². The summed E-state index contributed by atoms with van der Waals surface area (Å²) in [4.78, 5) is 2.99. The third-order valence-electron chi connectivity index (χ3n) is 5.38. The van der Waals surface area contributed by atoms with E-state index in [1.54, 1.807) is 0 Å². The van der Waals surface area contributed by atoms with Gasteiger partial charge in [0.25, 0.3) is 0 Å². The van der Waals surface area contributed by atoms with Crippen LogP contribution in [0.1, 0.15) is 116 Å². The van der Waals surface area contributed by atoms with E-state index in [1.807, 2.05) is 0 Å². The molecule has 1 rings (SSSR count). The van der Waals surface area contributed by atoms with Crippen molar-refractivity contribution in [1.29, 1.82) is 0 Å². The third-order valence-corrected chi connectivity index (χ3v) is 7.50. The second-order valence-corrected chi connectivity index (χ2v) is 10.4. The van der Waals surface area contributed by atoms with E-state index in [1.165, 1.54) is 117 Å². The van der Waals surface area contributed by atoms with Crippen molar-refractivity contribution in [2.45, 2.75) is 127 Å². The Morgan fingerprint density at radius 3 is 1.29 bits per heavy atom. The molecule has 0 atom stereocenters. The first-order valence-corrected chi connectivity index (χ1v) is 14.2. The van der Waals surface area contributed by atoms with Crippen LogP contribution in [0.4, 0.5) is 0 Å². The van der Waals surface area contributed by atoms with Gasteiger partial charge in [-0.1, -0.05) is 97.8 Å². The summed E-state index contributed by atoms with van der Waals surface area (Å²) in [7, 11) is 0. The predicted octanol–water partition coefficient (Wildman–Crippen LogP) is 9.93. The number of hydrogen-bond donors (Lipinski definition) is 0. The third kappa shape index (κ3) is 14.0. The monoisotopic (exact) mass is 422 g/mol. The molecular weight excluding hydrogens is 376 g/mol. The van der Waals surface area contributed by atoms with Crippen molar-refractivity contribution in [2.75, 3.05) is 11.5 Å². The van der Waals surface area contributed by atoms with Crippen LogP contribution in [-0.4, -0.2) is 11.5 Å². The minimum absolute atomic E-state index is 1.15. The van der Waals surface area contributed by atoms with Crippen LogP contribution < -0.4 is 0 Å². The zero-order chi connectivity index (χ0) is 20.3. The fraction of sp³-hybridized carbons (Fsp3) is 0.769. The molecule has 0 saturated heterocycles. The molecule has 0 amide bonds. The molecule has 0 aromatic heterocycles. The SMILES string of the molecule is CCCCCCCCCSc1cc(CC)cc(SCCCCCCCCC)c1. The van der Waals surface area contributed by atoms with Crippen molar-refractivity contribution < 1.29 is 0 Å². The van der Waals surface area contributed by atoms with E-state index in [9.17, 15) is 0 Å². The van der Waals surface area contributed by atoms with E-state index < -0.39 is 0 Å². The summed E-state index contributed by atoms with van der Waals surface area (Å²) in [6.45, 7) is 6.87. The van der Waals surface area contributed by atoms with E-state index in [4.69, 9.17) is 0 Å². The summed E-state index contributed by atoms with van der Waals surface area (Å²) in [6, 6.07) is 7.28. The molecule has 0 spiro atoms. The van der Waals surface area contributed by atoms with Gasteiger partial charge in [0.2, 0.25) is 0 Å². The molecule has 2 heteroatoms. The number of rotatable bonds is 19. The Morgan fingerprint density at radius 2 is 0.893 bits per heavy atom. The molecule has 0 radical (unpaired) electrons. The van der Waals surface area contributed by atoms with Gasteiger partial charge in [0.15, 0.2) is 0 Å². The van der Waals surface area contributed by atoms with Gasteiger partial charge >= 0.3 is 0 Å². The second-order valence-electron chi connectivity index (χ2n) is 8.11. The van der Waals surface area contributed by atoms with E-state index in [-0.39, 0.29) is 0 Å². The highest BCUT2D eigenvalue weighted by atomic mass is 32.2. The average molecular weight is 423 g/mol. The molecule has 0 saturated carbocycles. The maximum atomic E-state index is 2.44. The Hall–Kier alpha value is -0.0800.